The lowest BCUT2D eigenvalue weighted by atomic mass is 10.0. The largest absolute Gasteiger partial charge is 0.467 e. The summed E-state index contributed by atoms with van der Waals surface area (Å²) in [5.74, 6) is -0.254. The van der Waals surface area contributed by atoms with Crippen LogP contribution in [0, 0.1) is 0 Å². The highest BCUT2D eigenvalue weighted by atomic mass is 16.6. The van der Waals surface area contributed by atoms with Crippen LogP contribution in [0.5, 0.6) is 0 Å². The first-order valence-corrected chi connectivity index (χ1v) is 12.0. The molecular formula is C26H44O3. The fraction of sp³-hybridized carbons (Fsp3) is 0.731. The molecule has 0 spiro atoms. The standard InChI is InChI=1S/C26H44O3/c1-3-4-5-6-7-8-9-10-11-12-13-14-15-19-22-25(26(27)28-2)29-23-24-20-17-16-18-21-24/h16-18,20-21,25H,3-15,19,22-23H2,1-2H3. The molecule has 0 heterocycles. The van der Waals surface area contributed by atoms with E-state index < -0.39 is 6.10 Å². The number of benzene rings is 1. The Kier molecular flexibility index (Phi) is 16.5. The summed E-state index contributed by atoms with van der Waals surface area (Å²) >= 11 is 0. The third kappa shape index (κ3) is 14.3. The van der Waals surface area contributed by atoms with E-state index in [1.54, 1.807) is 0 Å². The van der Waals surface area contributed by atoms with Crippen LogP contribution in [-0.2, 0) is 20.9 Å². The van der Waals surface area contributed by atoms with Crippen LogP contribution in [-0.4, -0.2) is 19.2 Å². The Bertz CT molecular complexity index is 486. The second-order valence-corrected chi connectivity index (χ2v) is 8.19. The van der Waals surface area contributed by atoms with Crippen molar-refractivity contribution < 1.29 is 14.3 Å². The molecule has 0 saturated carbocycles. The Balaban J connectivity index is 1.98. The zero-order chi connectivity index (χ0) is 21.0. The smallest absolute Gasteiger partial charge is 0.334 e. The Labute approximate surface area is 179 Å². The van der Waals surface area contributed by atoms with Crippen LogP contribution in [0.1, 0.15) is 109 Å². The summed E-state index contributed by atoms with van der Waals surface area (Å²) in [6, 6.07) is 9.98. The van der Waals surface area contributed by atoms with E-state index in [-0.39, 0.29) is 5.97 Å². The molecule has 0 bridgehead atoms. The third-order valence-electron chi connectivity index (χ3n) is 5.58. The number of hydrogen-bond donors (Lipinski definition) is 0. The van der Waals surface area contributed by atoms with Crippen LogP contribution in [0.3, 0.4) is 0 Å². The van der Waals surface area contributed by atoms with Crippen LogP contribution < -0.4 is 0 Å². The Hall–Kier alpha value is -1.35. The molecule has 0 amide bonds. The second-order valence-electron chi connectivity index (χ2n) is 8.19. The number of esters is 1. The summed E-state index contributed by atoms with van der Waals surface area (Å²) in [5.41, 5.74) is 1.09. The van der Waals surface area contributed by atoms with Crippen molar-refractivity contribution in [2.24, 2.45) is 0 Å². The molecule has 166 valence electrons. The van der Waals surface area contributed by atoms with Crippen molar-refractivity contribution in [2.45, 2.75) is 116 Å². The van der Waals surface area contributed by atoms with Crippen LogP contribution >= 0.6 is 0 Å². The molecular weight excluding hydrogens is 360 g/mol. The molecule has 0 aliphatic carbocycles. The number of hydrogen-bond acceptors (Lipinski definition) is 3. The van der Waals surface area contributed by atoms with Gasteiger partial charge in [-0.3, -0.25) is 0 Å². The van der Waals surface area contributed by atoms with Crippen LogP contribution in [0.15, 0.2) is 30.3 Å². The molecule has 1 aromatic rings. The van der Waals surface area contributed by atoms with E-state index in [0.717, 1.165) is 18.4 Å². The van der Waals surface area contributed by atoms with Crippen molar-refractivity contribution in [3.05, 3.63) is 35.9 Å². The highest BCUT2D eigenvalue weighted by Crippen LogP contribution is 2.15. The van der Waals surface area contributed by atoms with Gasteiger partial charge >= 0.3 is 5.97 Å². The van der Waals surface area contributed by atoms with E-state index in [4.69, 9.17) is 9.47 Å². The highest BCUT2D eigenvalue weighted by molar-refractivity contribution is 5.74. The van der Waals surface area contributed by atoms with Gasteiger partial charge in [-0.25, -0.2) is 4.79 Å². The topological polar surface area (TPSA) is 35.5 Å². The van der Waals surface area contributed by atoms with Gasteiger partial charge in [-0.15, -0.1) is 0 Å². The highest BCUT2D eigenvalue weighted by Gasteiger charge is 2.19. The van der Waals surface area contributed by atoms with Gasteiger partial charge in [0.25, 0.3) is 0 Å². The lowest BCUT2D eigenvalue weighted by Crippen LogP contribution is -2.25. The summed E-state index contributed by atoms with van der Waals surface area (Å²) < 4.78 is 10.7. The first-order chi connectivity index (χ1) is 14.3. The second kappa shape index (κ2) is 18.7. The molecule has 29 heavy (non-hydrogen) atoms. The molecule has 0 saturated heterocycles. The molecule has 0 aliphatic rings. The fourth-order valence-corrected chi connectivity index (χ4v) is 3.70. The normalized spacial score (nSPS) is 12.1. The molecule has 0 fully saturated rings. The molecule has 1 atom stereocenters. The molecule has 3 heteroatoms. The van der Waals surface area contributed by atoms with Crippen molar-refractivity contribution >= 4 is 5.97 Å². The van der Waals surface area contributed by atoms with Gasteiger partial charge in [0.2, 0.25) is 0 Å². The van der Waals surface area contributed by atoms with E-state index >= 15 is 0 Å². The Morgan fingerprint density at radius 3 is 1.72 bits per heavy atom. The molecule has 1 aromatic carbocycles. The van der Waals surface area contributed by atoms with Gasteiger partial charge in [0, 0.05) is 0 Å². The van der Waals surface area contributed by atoms with Gasteiger partial charge in [-0.05, 0) is 12.0 Å². The number of ether oxygens (including phenoxy) is 2. The molecule has 0 aromatic heterocycles. The number of carbonyl (C=O) groups excluding carboxylic acids is 1. The molecule has 1 rings (SSSR count). The minimum Gasteiger partial charge on any atom is -0.467 e. The quantitative estimate of drug-likeness (QED) is 0.176. The predicted octanol–water partition coefficient (Wildman–Crippen LogP) is 7.62. The van der Waals surface area contributed by atoms with Gasteiger partial charge in [0.05, 0.1) is 13.7 Å². The minimum atomic E-state index is -0.447. The summed E-state index contributed by atoms with van der Waals surface area (Å²) in [4.78, 5) is 12.0. The number of rotatable bonds is 19. The van der Waals surface area contributed by atoms with Gasteiger partial charge in [-0.2, -0.15) is 0 Å². The van der Waals surface area contributed by atoms with E-state index in [1.165, 1.54) is 90.6 Å². The van der Waals surface area contributed by atoms with Crippen LogP contribution in [0.4, 0.5) is 0 Å². The monoisotopic (exact) mass is 404 g/mol. The molecule has 0 radical (unpaired) electrons. The predicted molar refractivity (Wildman–Crippen MR) is 122 cm³/mol. The number of carbonyl (C=O) groups is 1. The molecule has 1 unspecified atom stereocenters. The van der Waals surface area contributed by atoms with Gasteiger partial charge in [-0.1, -0.05) is 127 Å². The number of unbranched alkanes of at least 4 members (excludes halogenated alkanes) is 13. The number of methoxy groups -OCH3 is 1. The average molecular weight is 405 g/mol. The zero-order valence-corrected chi connectivity index (χ0v) is 19.0. The zero-order valence-electron chi connectivity index (χ0n) is 19.0. The summed E-state index contributed by atoms with van der Waals surface area (Å²) in [7, 11) is 1.44. The maximum atomic E-state index is 12.0. The third-order valence-corrected chi connectivity index (χ3v) is 5.58. The Morgan fingerprint density at radius 2 is 1.24 bits per heavy atom. The molecule has 0 aliphatic heterocycles. The van der Waals surface area contributed by atoms with Crippen molar-refractivity contribution in [1.82, 2.24) is 0 Å². The van der Waals surface area contributed by atoms with Crippen molar-refractivity contribution in [3.63, 3.8) is 0 Å². The van der Waals surface area contributed by atoms with E-state index in [1.807, 2.05) is 30.3 Å². The van der Waals surface area contributed by atoms with Crippen molar-refractivity contribution in [3.8, 4) is 0 Å². The first kappa shape index (κ1) is 25.7. The van der Waals surface area contributed by atoms with E-state index in [0.29, 0.717) is 6.61 Å². The summed E-state index contributed by atoms with van der Waals surface area (Å²) in [6.07, 6.45) is 19.0. The molecule has 0 N–H and O–H groups in total. The van der Waals surface area contributed by atoms with Gasteiger partial charge in [0.1, 0.15) is 0 Å². The fourth-order valence-electron chi connectivity index (χ4n) is 3.70. The van der Waals surface area contributed by atoms with Crippen molar-refractivity contribution in [1.29, 1.82) is 0 Å². The van der Waals surface area contributed by atoms with Crippen molar-refractivity contribution in [2.75, 3.05) is 7.11 Å². The summed E-state index contributed by atoms with van der Waals surface area (Å²) in [5, 5.41) is 0. The van der Waals surface area contributed by atoms with Crippen LogP contribution in [0.2, 0.25) is 0 Å². The SMILES string of the molecule is CCCCCCCCCCCCCCCCC(OCc1ccccc1)C(=O)OC. The average Bonchev–Trinajstić information content (AvgIpc) is 2.76. The lowest BCUT2D eigenvalue weighted by Gasteiger charge is -2.15. The Morgan fingerprint density at radius 1 is 0.759 bits per heavy atom. The molecule has 3 nitrogen and oxygen atoms in total. The maximum absolute atomic E-state index is 12.0. The van der Waals surface area contributed by atoms with Crippen LogP contribution in [0.25, 0.3) is 0 Å². The van der Waals surface area contributed by atoms with Gasteiger partial charge < -0.3 is 9.47 Å². The first-order valence-electron chi connectivity index (χ1n) is 12.0. The lowest BCUT2D eigenvalue weighted by molar-refractivity contribution is -0.155. The van der Waals surface area contributed by atoms with Gasteiger partial charge in [0.15, 0.2) is 6.10 Å². The van der Waals surface area contributed by atoms with E-state index in [9.17, 15) is 4.79 Å². The van der Waals surface area contributed by atoms with E-state index in [2.05, 4.69) is 6.92 Å². The summed E-state index contributed by atoms with van der Waals surface area (Å²) in [6.45, 7) is 2.73. The maximum Gasteiger partial charge on any atom is 0.334 e. The minimum absolute atomic E-state index is 0.254.